The summed E-state index contributed by atoms with van der Waals surface area (Å²) in [5, 5.41) is 11.2. The standard InChI is InChI=1S/C13H22N6/c1-11(2)9-14-13-16-12(3)10-18(13)6-4-7-19-8-5-15-17-19/h5,8,10-11H,4,6-7,9H2,1-3H3,(H,14,16). The Morgan fingerprint density at radius 1 is 1.32 bits per heavy atom. The molecule has 0 fully saturated rings. The normalized spacial score (nSPS) is 11.2. The van der Waals surface area contributed by atoms with E-state index in [1.54, 1.807) is 6.20 Å². The van der Waals surface area contributed by atoms with Crippen LogP contribution in [0.15, 0.2) is 18.6 Å². The second-order valence-corrected chi connectivity index (χ2v) is 5.19. The SMILES string of the molecule is Cc1cn(CCCn2ccnn2)c(NCC(C)C)n1. The average molecular weight is 262 g/mol. The summed E-state index contributed by atoms with van der Waals surface area (Å²) in [6, 6.07) is 0. The molecule has 0 atom stereocenters. The van der Waals surface area contributed by atoms with Crippen LogP contribution >= 0.6 is 0 Å². The smallest absolute Gasteiger partial charge is 0.203 e. The summed E-state index contributed by atoms with van der Waals surface area (Å²) in [4.78, 5) is 4.52. The fraction of sp³-hybridized carbons (Fsp3) is 0.615. The molecule has 0 aliphatic rings. The van der Waals surface area contributed by atoms with Gasteiger partial charge in [-0.05, 0) is 19.3 Å². The Labute approximate surface area is 113 Å². The third-order valence-electron chi connectivity index (χ3n) is 2.82. The van der Waals surface area contributed by atoms with Crippen molar-refractivity contribution in [1.82, 2.24) is 24.5 Å². The summed E-state index contributed by atoms with van der Waals surface area (Å²) in [5.41, 5.74) is 1.05. The third kappa shape index (κ3) is 4.08. The molecule has 6 heteroatoms. The van der Waals surface area contributed by atoms with Gasteiger partial charge in [-0.25, -0.2) is 4.98 Å². The highest BCUT2D eigenvalue weighted by Crippen LogP contribution is 2.10. The first-order valence-corrected chi connectivity index (χ1v) is 6.77. The van der Waals surface area contributed by atoms with Crippen LogP contribution in [0.4, 0.5) is 5.95 Å². The first-order valence-electron chi connectivity index (χ1n) is 6.77. The van der Waals surface area contributed by atoms with Crippen LogP contribution in [0.3, 0.4) is 0 Å². The Bertz CT molecular complexity index is 485. The van der Waals surface area contributed by atoms with E-state index in [1.165, 1.54) is 0 Å². The minimum absolute atomic E-state index is 0.612. The van der Waals surface area contributed by atoms with E-state index >= 15 is 0 Å². The molecule has 0 aromatic carbocycles. The molecule has 19 heavy (non-hydrogen) atoms. The van der Waals surface area contributed by atoms with Crippen molar-refractivity contribution in [2.45, 2.75) is 40.3 Å². The Kier molecular flexibility index (Phi) is 4.54. The van der Waals surface area contributed by atoms with Gasteiger partial charge in [0, 0.05) is 32.0 Å². The molecule has 0 amide bonds. The molecule has 0 aliphatic heterocycles. The summed E-state index contributed by atoms with van der Waals surface area (Å²) in [6.07, 6.45) is 6.69. The lowest BCUT2D eigenvalue weighted by Gasteiger charge is -2.11. The number of nitrogens with zero attached hydrogens (tertiary/aromatic N) is 5. The van der Waals surface area contributed by atoms with Crippen LogP contribution < -0.4 is 5.32 Å². The quantitative estimate of drug-likeness (QED) is 0.828. The molecular weight excluding hydrogens is 240 g/mol. The molecule has 0 saturated heterocycles. The molecule has 0 unspecified atom stereocenters. The number of rotatable bonds is 7. The molecule has 2 aromatic rings. The van der Waals surface area contributed by atoms with E-state index in [1.807, 2.05) is 17.8 Å². The third-order valence-corrected chi connectivity index (χ3v) is 2.82. The topological polar surface area (TPSA) is 60.6 Å². The lowest BCUT2D eigenvalue weighted by atomic mass is 10.2. The van der Waals surface area contributed by atoms with Crippen LogP contribution in [-0.4, -0.2) is 31.1 Å². The maximum Gasteiger partial charge on any atom is 0.203 e. The number of aromatic nitrogens is 5. The minimum Gasteiger partial charge on any atom is -0.355 e. The molecule has 1 N–H and O–H groups in total. The Morgan fingerprint density at radius 2 is 2.16 bits per heavy atom. The minimum atomic E-state index is 0.612. The number of anilines is 1. The van der Waals surface area contributed by atoms with Gasteiger partial charge in [-0.1, -0.05) is 19.1 Å². The fourth-order valence-electron chi connectivity index (χ4n) is 1.91. The van der Waals surface area contributed by atoms with Crippen LogP contribution in [0.25, 0.3) is 0 Å². The molecule has 0 aliphatic carbocycles. The van der Waals surface area contributed by atoms with Gasteiger partial charge in [0.05, 0.1) is 11.9 Å². The molecule has 2 heterocycles. The highest BCUT2D eigenvalue weighted by atomic mass is 15.4. The summed E-state index contributed by atoms with van der Waals surface area (Å²) in [5.74, 6) is 1.57. The molecule has 2 rings (SSSR count). The van der Waals surface area contributed by atoms with Crippen molar-refractivity contribution in [2.24, 2.45) is 5.92 Å². The highest BCUT2D eigenvalue weighted by molar-refractivity contribution is 5.28. The van der Waals surface area contributed by atoms with E-state index in [2.05, 4.69) is 45.2 Å². The van der Waals surface area contributed by atoms with Crippen molar-refractivity contribution in [1.29, 1.82) is 0 Å². The first-order chi connectivity index (χ1) is 9.15. The Hall–Kier alpha value is -1.85. The molecule has 0 spiro atoms. The van der Waals surface area contributed by atoms with Gasteiger partial charge in [-0.2, -0.15) is 0 Å². The van der Waals surface area contributed by atoms with E-state index in [-0.39, 0.29) is 0 Å². The lowest BCUT2D eigenvalue weighted by Crippen LogP contribution is -2.13. The monoisotopic (exact) mass is 262 g/mol. The number of hydrogen-bond acceptors (Lipinski definition) is 4. The van der Waals surface area contributed by atoms with Crippen LogP contribution in [0, 0.1) is 12.8 Å². The van der Waals surface area contributed by atoms with Crippen LogP contribution in [0.2, 0.25) is 0 Å². The van der Waals surface area contributed by atoms with Crippen molar-refractivity contribution in [3.63, 3.8) is 0 Å². The zero-order chi connectivity index (χ0) is 13.7. The lowest BCUT2D eigenvalue weighted by molar-refractivity contribution is 0.515. The van der Waals surface area contributed by atoms with Crippen molar-refractivity contribution in [2.75, 3.05) is 11.9 Å². The number of aryl methyl sites for hydroxylation is 3. The van der Waals surface area contributed by atoms with Crippen LogP contribution in [0.5, 0.6) is 0 Å². The summed E-state index contributed by atoms with van der Waals surface area (Å²) >= 11 is 0. The molecule has 104 valence electrons. The second kappa shape index (κ2) is 6.36. The zero-order valence-corrected chi connectivity index (χ0v) is 11.9. The maximum absolute atomic E-state index is 4.52. The molecule has 6 nitrogen and oxygen atoms in total. The number of imidazole rings is 1. The van der Waals surface area contributed by atoms with Crippen LogP contribution in [0.1, 0.15) is 26.0 Å². The summed E-state index contributed by atoms with van der Waals surface area (Å²) in [6.45, 7) is 9.16. The summed E-state index contributed by atoms with van der Waals surface area (Å²) < 4.78 is 4.03. The molecular formula is C13H22N6. The maximum atomic E-state index is 4.52. The zero-order valence-electron chi connectivity index (χ0n) is 11.9. The van der Waals surface area contributed by atoms with Crippen molar-refractivity contribution in [3.05, 3.63) is 24.3 Å². The van der Waals surface area contributed by atoms with Gasteiger partial charge in [0.25, 0.3) is 0 Å². The van der Waals surface area contributed by atoms with E-state index in [4.69, 9.17) is 0 Å². The van der Waals surface area contributed by atoms with Gasteiger partial charge < -0.3 is 9.88 Å². The van der Waals surface area contributed by atoms with Gasteiger partial charge in [-0.3, -0.25) is 4.68 Å². The number of nitrogens with one attached hydrogen (secondary N) is 1. The van der Waals surface area contributed by atoms with E-state index < -0.39 is 0 Å². The largest absolute Gasteiger partial charge is 0.355 e. The number of hydrogen-bond donors (Lipinski definition) is 1. The summed E-state index contributed by atoms with van der Waals surface area (Å²) in [7, 11) is 0. The second-order valence-electron chi connectivity index (χ2n) is 5.19. The van der Waals surface area contributed by atoms with Gasteiger partial charge in [0.1, 0.15) is 0 Å². The Balaban J connectivity index is 1.88. The van der Waals surface area contributed by atoms with Gasteiger partial charge in [-0.15, -0.1) is 5.10 Å². The van der Waals surface area contributed by atoms with Gasteiger partial charge >= 0.3 is 0 Å². The van der Waals surface area contributed by atoms with E-state index in [9.17, 15) is 0 Å². The predicted octanol–water partition coefficient (Wildman–Crippen LogP) is 1.94. The average Bonchev–Trinajstić information content (AvgIpc) is 2.97. The first kappa shape index (κ1) is 13.6. The molecule has 0 saturated carbocycles. The Morgan fingerprint density at radius 3 is 2.84 bits per heavy atom. The molecule has 0 radical (unpaired) electrons. The van der Waals surface area contributed by atoms with E-state index in [0.717, 1.165) is 37.7 Å². The molecule has 0 bridgehead atoms. The van der Waals surface area contributed by atoms with Gasteiger partial charge in [0.2, 0.25) is 5.95 Å². The highest BCUT2D eigenvalue weighted by Gasteiger charge is 2.05. The molecule has 2 aromatic heterocycles. The van der Waals surface area contributed by atoms with Crippen LogP contribution in [-0.2, 0) is 13.1 Å². The van der Waals surface area contributed by atoms with Gasteiger partial charge in [0.15, 0.2) is 0 Å². The fourth-order valence-corrected chi connectivity index (χ4v) is 1.91. The predicted molar refractivity (Wildman–Crippen MR) is 74.9 cm³/mol. The van der Waals surface area contributed by atoms with Crippen molar-refractivity contribution < 1.29 is 0 Å². The van der Waals surface area contributed by atoms with Crippen molar-refractivity contribution in [3.8, 4) is 0 Å². The van der Waals surface area contributed by atoms with E-state index in [0.29, 0.717) is 5.92 Å². The van der Waals surface area contributed by atoms with Crippen molar-refractivity contribution >= 4 is 5.95 Å².